The van der Waals surface area contributed by atoms with E-state index >= 15 is 0 Å². The number of H-pyrrole nitrogens is 1. The van der Waals surface area contributed by atoms with Crippen molar-refractivity contribution < 1.29 is 9.18 Å². The third-order valence-corrected chi connectivity index (χ3v) is 3.84. The molecule has 5 heteroatoms. The molecule has 0 fully saturated rings. The summed E-state index contributed by atoms with van der Waals surface area (Å²) in [7, 11) is 0. The number of rotatable bonds is 3. The smallest absolute Gasteiger partial charge is 0.256 e. The minimum absolute atomic E-state index is 0.181. The summed E-state index contributed by atoms with van der Waals surface area (Å²) in [6.45, 7) is 3.82. The summed E-state index contributed by atoms with van der Waals surface area (Å²) in [5.41, 5.74) is 2.80. The van der Waals surface area contributed by atoms with Crippen LogP contribution in [0.5, 0.6) is 0 Å². The molecule has 0 unspecified atom stereocenters. The lowest BCUT2D eigenvalue weighted by Crippen LogP contribution is -2.15. The van der Waals surface area contributed by atoms with Crippen molar-refractivity contribution in [1.82, 2.24) is 9.38 Å². The van der Waals surface area contributed by atoms with Gasteiger partial charge < -0.3 is 4.98 Å². The molecule has 22 heavy (non-hydrogen) atoms. The Labute approximate surface area is 126 Å². The van der Waals surface area contributed by atoms with E-state index < -0.39 is 5.82 Å². The highest BCUT2D eigenvalue weighted by Gasteiger charge is 2.17. The normalized spacial score (nSPS) is 11.0. The van der Waals surface area contributed by atoms with Crippen LogP contribution in [0.3, 0.4) is 0 Å². The maximum Gasteiger partial charge on any atom is 0.256 e. The average molecular weight is 298 g/mol. The van der Waals surface area contributed by atoms with Gasteiger partial charge >= 0.3 is 0 Å². The number of ketones is 1. The first-order valence-electron chi connectivity index (χ1n) is 7.06. The molecule has 0 atom stereocenters. The number of benzene rings is 1. The van der Waals surface area contributed by atoms with Crippen LogP contribution in [0, 0.1) is 12.7 Å². The van der Waals surface area contributed by atoms with Crippen molar-refractivity contribution in [3.8, 4) is 0 Å². The number of aromatic amines is 1. The third-order valence-electron chi connectivity index (χ3n) is 3.84. The Morgan fingerprint density at radius 3 is 2.50 bits per heavy atom. The molecular weight excluding hydrogens is 283 g/mol. The van der Waals surface area contributed by atoms with Crippen molar-refractivity contribution in [2.24, 2.45) is 0 Å². The van der Waals surface area contributed by atoms with Gasteiger partial charge in [0.15, 0.2) is 5.78 Å². The van der Waals surface area contributed by atoms with Gasteiger partial charge in [0.05, 0.1) is 5.56 Å². The van der Waals surface area contributed by atoms with Gasteiger partial charge in [0.2, 0.25) is 0 Å². The van der Waals surface area contributed by atoms with E-state index in [0.717, 1.165) is 17.8 Å². The van der Waals surface area contributed by atoms with Gasteiger partial charge in [0, 0.05) is 23.0 Å². The molecule has 0 saturated carbocycles. The quantitative estimate of drug-likeness (QED) is 0.756. The molecule has 3 aromatic rings. The highest BCUT2D eigenvalue weighted by Crippen LogP contribution is 2.18. The number of aromatic nitrogens is 2. The number of nitrogens with one attached hydrogen (secondary N) is 1. The maximum atomic E-state index is 13.0. The molecule has 0 amide bonds. The van der Waals surface area contributed by atoms with E-state index in [1.54, 1.807) is 0 Å². The zero-order chi connectivity index (χ0) is 15.9. The minimum atomic E-state index is -0.394. The monoisotopic (exact) mass is 298 g/mol. The van der Waals surface area contributed by atoms with Crippen LogP contribution in [0.1, 0.15) is 34.2 Å². The standard InChI is InChI=1S/C17H15FN2O2/c1-3-14-10(2)20-15(21)9-8-13(17(20)19-14)16(22)11-4-6-12(18)7-5-11/h4-9,19H,3H2,1-2H3. The Morgan fingerprint density at radius 1 is 1.18 bits per heavy atom. The molecule has 1 aromatic carbocycles. The molecule has 0 aliphatic heterocycles. The van der Waals surface area contributed by atoms with Gasteiger partial charge in [-0.25, -0.2) is 4.39 Å². The largest absolute Gasteiger partial charge is 0.343 e. The summed E-state index contributed by atoms with van der Waals surface area (Å²) in [4.78, 5) is 27.9. The SMILES string of the molecule is CCc1[nH]c2c(C(=O)c3ccc(F)cc3)ccc(=O)n2c1C. The van der Waals surface area contributed by atoms with E-state index in [1.807, 2.05) is 13.8 Å². The predicted molar refractivity (Wildman–Crippen MR) is 82.0 cm³/mol. The van der Waals surface area contributed by atoms with E-state index in [9.17, 15) is 14.0 Å². The lowest BCUT2D eigenvalue weighted by atomic mass is 10.0. The van der Waals surface area contributed by atoms with Gasteiger partial charge in [0.25, 0.3) is 5.56 Å². The molecule has 3 rings (SSSR count). The molecule has 4 nitrogen and oxygen atoms in total. The number of aryl methyl sites for hydroxylation is 2. The predicted octanol–water partition coefficient (Wildman–Crippen LogP) is 2.87. The van der Waals surface area contributed by atoms with Gasteiger partial charge in [-0.15, -0.1) is 0 Å². The fourth-order valence-corrected chi connectivity index (χ4v) is 2.65. The summed E-state index contributed by atoms with van der Waals surface area (Å²) in [5.74, 6) is -0.642. The molecule has 1 N–H and O–H groups in total. The van der Waals surface area contributed by atoms with Crippen LogP contribution in [-0.2, 0) is 6.42 Å². The van der Waals surface area contributed by atoms with Crippen molar-refractivity contribution >= 4 is 11.4 Å². The van der Waals surface area contributed by atoms with Crippen molar-refractivity contribution in [2.75, 3.05) is 0 Å². The summed E-state index contributed by atoms with van der Waals surface area (Å²) < 4.78 is 14.5. The molecule has 2 heterocycles. The van der Waals surface area contributed by atoms with Gasteiger partial charge in [-0.1, -0.05) is 6.92 Å². The number of carbonyl (C=O) groups is 1. The first-order valence-corrected chi connectivity index (χ1v) is 7.06. The first kappa shape index (κ1) is 14.3. The zero-order valence-corrected chi connectivity index (χ0v) is 12.3. The lowest BCUT2D eigenvalue weighted by Gasteiger charge is -2.04. The molecule has 0 radical (unpaired) electrons. The minimum Gasteiger partial charge on any atom is -0.343 e. The molecule has 0 saturated heterocycles. The second kappa shape index (κ2) is 5.26. The average Bonchev–Trinajstić information content (AvgIpc) is 2.85. The topological polar surface area (TPSA) is 54.3 Å². The van der Waals surface area contributed by atoms with E-state index in [-0.39, 0.29) is 11.3 Å². The fourth-order valence-electron chi connectivity index (χ4n) is 2.65. The van der Waals surface area contributed by atoms with Crippen LogP contribution in [-0.4, -0.2) is 15.2 Å². The molecule has 0 aliphatic rings. The van der Waals surface area contributed by atoms with Gasteiger partial charge in [-0.2, -0.15) is 0 Å². The number of carbonyl (C=O) groups excluding carboxylic acids is 1. The zero-order valence-electron chi connectivity index (χ0n) is 12.3. The van der Waals surface area contributed by atoms with Crippen molar-refractivity contribution in [3.05, 3.63) is 75.1 Å². The van der Waals surface area contributed by atoms with E-state index in [4.69, 9.17) is 0 Å². The third kappa shape index (κ3) is 2.15. The van der Waals surface area contributed by atoms with Crippen molar-refractivity contribution in [2.45, 2.75) is 20.3 Å². The summed E-state index contributed by atoms with van der Waals surface area (Å²) in [6.07, 6.45) is 0.733. The molecule has 112 valence electrons. The van der Waals surface area contributed by atoms with E-state index in [1.165, 1.54) is 40.8 Å². The summed E-state index contributed by atoms with van der Waals surface area (Å²) >= 11 is 0. The second-order valence-electron chi connectivity index (χ2n) is 5.15. The van der Waals surface area contributed by atoms with Crippen molar-refractivity contribution in [3.63, 3.8) is 0 Å². The number of hydrogen-bond acceptors (Lipinski definition) is 2. The highest BCUT2D eigenvalue weighted by atomic mass is 19.1. The Hall–Kier alpha value is -2.69. The van der Waals surface area contributed by atoms with Crippen LogP contribution in [0.15, 0.2) is 41.2 Å². The van der Waals surface area contributed by atoms with Gasteiger partial charge in [-0.05, 0) is 43.7 Å². The number of imidazole rings is 1. The maximum absolute atomic E-state index is 13.0. The number of pyridine rings is 1. The number of hydrogen-bond donors (Lipinski definition) is 1. The molecule has 2 aromatic heterocycles. The Kier molecular flexibility index (Phi) is 3.41. The number of nitrogens with zero attached hydrogens (tertiary/aromatic N) is 1. The molecule has 0 spiro atoms. The summed E-state index contributed by atoms with van der Waals surface area (Å²) in [5, 5.41) is 0. The Bertz CT molecular complexity index is 920. The van der Waals surface area contributed by atoms with Gasteiger partial charge in [-0.3, -0.25) is 14.0 Å². The Morgan fingerprint density at radius 2 is 1.86 bits per heavy atom. The summed E-state index contributed by atoms with van der Waals surface area (Å²) in [6, 6.07) is 8.27. The first-order chi connectivity index (χ1) is 10.5. The Balaban J connectivity index is 2.23. The van der Waals surface area contributed by atoms with E-state index in [2.05, 4.69) is 4.98 Å². The molecule has 0 aliphatic carbocycles. The van der Waals surface area contributed by atoms with E-state index in [0.29, 0.717) is 16.8 Å². The molecular formula is C17H15FN2O2. The van der Waals surface area contributed by atoms with Crippen LogP contribution in [0.25, 0.3) is 5.65 Å². The molecule has 0 bridgehead atoms. The fraction of sp³-hybridized carbons (Fsp3) is 0.176. The van der Waals surface area contributed by atoms with Crippen LogP contribution < -0.4 is 5.56 Å². The van der Waals surface area contributed by atoms with Crippen LogP contribution in [0.4, 0.5) is 4.39 Å². The lowest BCUT2D eigenvalue weighted by molar-refractivity contribution is 0.103. The second-order valence-corrected chi connectivity index (χ2v) is 5.15. The van der Waals surface area contributed by atoms with Gasteiger partial charge in [0.1, 0.15) is 11.5 Å². The van der Waals surface area contributed by atoms with Crippen LogP contribution in [0.2, 0.25) is 0 Å². The highest BCUT2D eigenvalue weighted by molar-refractivity contribution is 6.12. The van der Waals surface area contributed by atoms with Crippen LogP contribution >= 0.6 is 0 Å². The van der Waals surface area contributed by atoms with Crippen molar-refractivity contribution in [1.29, 1.82) is 0 Å². The number of fused-ring (bicyclic) bond motifs is 1. The number of halogens is 1.